The van der Waals surface area contributed by atoms with E-state index in [4.69, 9.17) is 18.6 Å². The van der Waals surface area contributed by atoms with E-state index in [0.717, 1.165) is 10.9 Å². The highest BCUT2D eigenvalue weighted by atomic mass is 16.5. The third-order valence-corrected chi connectivity index (χ3v) is 5.24. The second kappa shape index (κ2) is 11.2. The van der Waals surface area contributed by atoms with E-state index in [1.807, 2.05) is 13.0 Å². The standard InChI is InChI=1S/C25H28N2O7/c1-5-32-17-6-8-18(9-7-17)33-16(3)24(29)27-26-23(28)13-12-21-15(2)20-11-10-19(31-4)14-22(20)34-25(21)30/h6-11,14,16H,5,12-13H2,1-4H3,(H,26,28)(H,27,29). The van der Waals surface area contributed by atoms with Crippen LogP contribution in [0.2, 0.25) is 0 Å². The Hall–Kier alpha value is -4.01. The molecular formula is C25H28N2O7. The molecule has 9 nitrogen and oxygen atoms in total. The quantitative estimate of drug-likeness (QED) is 0.366. The fraction of sp³-hybridized carbons (Fsp3) is 0.320. The average Bonchev–Trinajstić information content (AvgIpc) is 2.83. The van der Waals surface area contributed by atoms with E-state index in [2.05, 4.69) is 10.9 Å². The zero-order valence-electron chi connectivity index (χ0n) is 19.6. The first-order valence-corrected chi connectivity index (χ1v) is 10.9. The number of amides is 2. The molecule has 0 bridgehead atoms. The third kappa shape index (κ3) is 6.06. The molecule has 0 saturated carbocycles. The Morgan fingerprint density at radius 1 is 1.03 bits per heavy atom. The van der Waals surface area contributed by atoms with Crippen molar-refractivity contribution in [3.8, 4) is 17.2 Å². The number of methoxy groups -OCH3 is 1. The van der Waals surface area contributed by atoms with E-state index < -0.39 is 23.5 Å². The molecule has 0 aliphatic rings. The van der Waals surface area contributed by atoms with Crippen LogP contribution in [0.25, 0.3) is 11.0 Å². The minimum absolute atomic E-state index is 0.0122. The minimum Gasteiger partial charge on any atom is -0.497 e. The van der Waals surface area contributed by atoms with Crippen LogP contribution in [0.1, 0.15) is 31.4 Å². The van der Waals surface area contributed by atoms with Crippen LogP contribution in [-0.2, 0) is 16.0 Å². The summed E-state index contributed by atoms with van der Waals surface area (Å²) in [6, 6.07) is 12.1. The number of ether oxygens (including phenoxy) is 3. The lowest BCUT2D eigenvalue weighted by Crippen LogP contribution is -2.47. The lowest BCUT2D eigenvalue weighted by molar-refractivity contribution is -0.132. The van der Waals surface area contributed by atoms with Crippen molar-refractivity contribution in [2.24, 2.45) is 0 Å². The molecule has 1 heterocycles. The van der Waals surface area contributed by atoms with Gasteiger partial charge in [-0.1, -0.05) is 0 Å². The Kier molecular flexibility index (Phi) is 8.13. The van der Waals surface area contributed by atoms with Crippen molar-refractivity contribution in [2.45, 2.75) is 39.7 Å². The zero-order chi connectivity index (χ0) is 24.7. The lowest BCUT2D eigenvalue weighted by Gasteiger charge is -2.15. The summed E-state index contributed by atoms with van der Waals surface area (Å²) in [5.74, 6) is 0.815. The summed E-state index contributed by atoms with van der Waals surface area (Å²) in [5.41, 5.74) is 5.75. The maximum absolute atomic E-state index is 12.4. The first-order valence-electron chi connectivity index (χ1n) is 10.9. The molecule has 180 valence electrons. The fourth-order valence-electron chi connectivity index (χ4n) is 3.36. The number of hydrazine groups is 1. The van der Waals surface area contributed by atoms with Crippen LogP contribution in [-0.4, -0.2) is 31.6 Å². The number of nitrogens with one attached hydrogen (secondary N) is 2. The molecule has 3 aromatic rings. The molecule has 0 spiro atoms. The summed E-state index contributed by atoms with van der Waals surface area (Å²) in [7, 11) is 1.53. The molecule has 0 aliphatic carbocycles. The van der Waals surface area contributed by atoms with E-state index in [-0.39, 0.29) is 12.8 Å². The Balaban J connectivity index is 1.52. The molecule has 9 heteroatoms. The average molecular weight is 469 g/mol. The van der Waals surface area contributed by atoms with E-state index >= 15 is 0 Å². The highest BCUT2D eigenvalue weighted by Gasteiger charge is 2.17. The molecule has 2 aromatic carbocycles. The monoisotopic (exact) mass is 468 g/mol. The van der Waals surface area contributed by atoms with Gasteiger partial charge in [-0.2, -0.15) is 0 Å². The summed E-state index contributed by atoms with van der Waals surface area (Å²) in [4.78, 5) is 36.9. The van der Waals surface area contributed by atoms with Gasteiger partial charge in [-0.25, -0.2) is 4.79 Å². The molecule has 1 atom stereocenters. The Morgan fingerprint density at radius 3 is 2.38 bits per heavy atom. The van der Waals surface area contributed by atoms with E-state index in [9.17, 15) is 14.4 Å². The normalized spacial score (nSPS) is 11.5. The van der Waals surface area contributed by atoms with Crippen molar-refractivity contribution < 1.29 is 28.2 Å². The fourth-order valence-corrected chi connectivity index (χ4v) is 3.36. The van der Waals surface area contributed by atoms with Gasteiger partial charge >= 0.3 is 5.63 Å². The number of carbonyl (C=O) groups excluding carboxylic acids is 2. The molecule has 1 aromatic heterocycles. The smallest absolute Gasteiger partial charge is 0.339 e. The Labute approximate surface area is 197 Å². The van der Waals surface area contributed by atoms with Crippen LogP contribution < -0.4 is 30.7 Å². The molecule has 0 saturated heterocycles. The van der Waals surface area contributed by atoms with Crippen molar-refractivity contribution in [1.29, 1.82) is 0 Å². The number of aryl methyl sites for hydroxylation is 1. The van der Waals surface area contributed by atoms with Crippen molar-refractivity contribution in [3.05, 3.63) is 64.0 Å². The Morgan fingerprint density at radius 2 is 1.71 bits per heavy atom. The van der Waals surface area contributed by atoms with Crippen molar-refractivity contribution in [3.63, 3.8) is 0 Å². The summed E-state index contributed by atoms with van der Waals surface area (Å²) >= 11 is 0. The largest absolute Gasteiger partial charge is 0.497 e. The van der Waals surface area contributed by atoms with Crippen LogP contribution in [0, 0.1) is 6.92 Å². The molecule has 3 rings (SSSR count). The van der Waals surface area contributed by atoms with Crippen LogP contribution >= 0.6 is 0 Å². The van der Waals surface area contributed by atoms with Gasteiger partial charge < -0.3 is 18.6 Å². The first kappa shape index (κ1) is 24.6. The summed E-state index contributed by atoms with van der Waals surface area (Å²) in [6.45, 7) is 5.82. The summed E-state index contributed by atoms with van der Waals surface area (Å²) in [6.07, 6.45) is -0.692. The second-order valence-electron chi connectivity index (χ2n) is 7.56. The van der Waals surface area contributed by atoms with Gasteiger partial charge in [0.1, 0.15) is 22.8 Å². The molecule has 0 radical (unpaired) electrons. The highest BCUT2D eigenvalue weighted by Crippen LogP contribution is 2.24. The number of hydrogen-bond donors (Lipinski definition) is 2. The van der Waals surface area contributed by atoms with Gasteiger partial charge in [0.25, 0.3) is 5.91 Å². The van der Waals surface area contributed by atoms with Gasteiger partial charge in [-0.15, -0.1) is 0 Å². The first-order chi connectivity index (χ1) is 16.3. The highest BCUT2D eigenvalue weighted by molar-refractivity contribution is 5.85. The van der Waals surface area contributed by atoms with Gasteiger partial charge in [0, 0.05) is 23.4 Å². The van der Waals surface area contributed by atoms with E-state index in [0.29, 0.717) is 35.0 Å². The molecule has 34 heavy (non-hydrogen) atoms. The zero-order valence-corrected chi connectivity index (χ0v) is 19.6. The molecular weight excluding hydrogens is 440 g/mol. The van der Waals surface area contributed by atoms with Crippen LogP contribution in [0.4, 0.5) is 0 Å². The molecule has 2 amide bonds. The number of hydrogen-bond acceptors (Lipinski definition) is 7. The number of rotatable bonds is 9. The molecule has 0 aliphatic heterocycles. The number of carbonyl (C=O) groups is 2. The lowest BCUT2D eigenvalue weighted by atomic mass is 10.0. The molecule has 2 N–H and O–H groups in total. The van der Waals surface area contributed by atoms with Crippen molar-refractivity contribution in [2.75, 3.05) is 13.7 Å². The van der Waals surface area contributed by atoms with Gasteiger partial charge in [-0.3, -0.25) is 20.4 Å². The van der Waals surface area contributed by atoms with E-state index in [1.54, 1.807) is 50.2 Å². The van der Waals surface area contributed by atoms with Gasteiger partial charge in [0.05, 0.1) is 13.7 Å². The maximum Gasteiger partial charge on any atom is 0.339 e. The van der Waals surface area contributed by atoms with Crippen LogP contribution in [0.15, 0.2) is 51.7 Å². The Bertz CT molecular complexity index is 1220. The van der Waals surface area contributed by atoms with Crippen LogP contribution in [0.3, 0.4) is 0 Å². The number of benzene rings is 2. The number of fused-ring (bicyclic) bond motifs is 1. The predicted molar refractivity (Wildman–Crippen MR) is 126 cm³/mol. The van der Waals surface area contributed by atoms with Gasteiger partial charge in [-0.05, 0) is 69.2 Å². The predicted octanol–water partition coefficient (Wildman–Crippen LogP) is 3.06. The van der Waals surface area contributed by atoms with Gasteiger partial charge in [0.2, 0.25) is 5.91 Å². The molecule has 1 unspecified atom stereocenters. The summed E-state index contributed by atoms with van der Waals surface area (Å²) in [5, 5.41) is 0.768. The van der Waals surface area contributed by atoms with Gasteiger partial charge in [0.15, 0.2) is 6.10 Å². The maximum atomic E-state index is 12.4. The SMILES string of the molecule is CCOc1ccc(OC(C)C(=O)NNC(=O)CCc2c(C)c3ccc(OC)cc3oc2=O)cc1. The minimum atomic E-state index is -0.843. The molecule has 0 fully saturated rings. The van der Waals surface area contributed by atoms with Crippen molar-refractivity contribution >= 4 is 22.8 Å². The summed E-state index contributed by atoms with van der Waals surface area (Å²) < 4.78 is 21.5. The van der Waals surface area contributed by atoms with Crippen molar-refractivity contribution in [1.82, 2.24) is 10.9 Å². The van der Waals surface area contributed by atoms with Crippen LogP contribution in [0.5, 0.6) is 17.2 Å². The second-order valence-corrected chi connectivity index (χ2v) is 7.56. The van der Waals surface area contributed by atoms with E-state index in [1.165, 1.54) is 7.11 Å². The third-order valence-electron chi connectivity index (χ3n) is 5.24. The topological polar surface area (TPSA) is 116 Å².